The molecule has 4 aromatic rings. The summed E-state index contributed by atoms with van der Waals surface area (Å²) < 4.78 is 4.82. The molecule has 242 valence electrons. The van der Waals surface area contributed by atoms with E-state index in [1.54, 1.807) is 21.9 Å². The first kappa shape index (κ1) is 32.5. The Labute approximate surface area is 284 Å². The van der Waals surface area contributed by atoms with Gasteiger partial charge in [-0.2, -0.15) is 0 Å². The van der Waals surface area contributed by atoms with Gasteiger partial charge in [0.2, 0.25) is 11.8 Å². The number of hydrogen-bond donors (Lipinski definition) is 1. The van der Waals surface area contributed by atoms with Crippen LogP contribution in [0.1, 0.15) is 30.5 Å². The van der Waals surface area contributed by atoms with Gasteiger partial charge in [-0.25, -0.2) is 4.79 Å². The molecule has 0 radical (unpaired) electrons. The molecular formula is C37H37ClN4O4S. The van der Waals surface area contributed by atoms with E-state index < -0.39 is 10.8 Å². The number of rotatable bonds is 8. The molecule has 0 spiro atoms. The molecule has 4 aromatic carbocycles. The Morgan fingerprint density at radius 1 is 0.851 bits per heavy atom. The van der Waals surface area contributed by atoms with Crippen LogP contribution in [0.2, 0.25) is 5.02 Å². The van der Waals surface area contributed by atoms with Crippen molar-refractivity contribution in [3.05, 3.63) is 119 Å². The highest BCUT2D eigenvalue weighted by Gasteiger charge is 2.59. The highest BCUT2D eigenvalue weighted by Crippen LogP contribution is 2.55. The Balaban J connectivity index is 1.40. The van der Waals surface area contributed by atoms with Gasteiger partial charge in [-0.05, 0) is 80.1 Å². The number of carbonyl (C=O) groups excluding carboxylic acids is 3. The highest BCUT2D eigenvalue weighted by molar-refractivity contribution is 8.01. The molecule has 2 atom stereocenters. The van der Waals surface area contributed by atoms with Gasteiger partial charge in [0.25, 0.3) is 0 Å². The Morgan fingerprint density at radius 2 is 1.47 bits per heavy atom. The highest BCUT2D eigenvalue weighted by atomic mass is 35.5. The second-order valence-corrected chi connectivity index (χ2v) is 13.6. The lowest BCUT2D eigenvalue weighted by atomic mass is 9.90. The van der Waals surface area contributed by atoms with Crippen molar-refractivity contribution in [2.45, 2.75) is 36.0 Å². The van der Waals surface area contributed by atoms with Crippen molar-refractivity contribution < 1.29 is 19.1 Å². The molecule has 0 aromatic heterocycles. The van der Waals surface area contributed by atoms with Crippen LogP contribution < -0.4 is 15.0 Å². The number of benzene rings is 4. The summed E-state index contributed by atoms with van der Waals surface area (Å²) in [6.07, 6.45) is -0.00350. The summed E-state index contributed by atoms with van der Waals surface area (Å²) in [5, 5.41) is 3.41. The summed E-state index contributed by atoms with van der Waals surface area (Å²) in [7, 11) is 0. The van der Waals surface area contributed by atoms with Gasteiger partial charge in [-0.15, -0.1) is 11.8 Å². The van der Waals surface area contributed by atoms with Gasteiger partial charge in [0, 0.05) is 48.3 Å². The molecule has 47 heavy (non-hydrogen) atoms. The van der Waals surface area contributed by atoms with Crippen LogP contribution in [0.4, 0.5) is 10.5 Å². The summed E-state index contributed by atoms with van der Waals surface area (Å²) in [4.78, 5) is 48.0. The minimum atomic E-state index is -1.20. The number of urea groups is 1. The van der Waals surface area contributed by atoms with Gasteiger partial charge >= 0.3 is 6.03 Å². The van der Waals surface area contributed by atoms with Crippen molar-refractivity contribution in [1.29, 1.82) is 0 Å². The minimum absolute atomic E-state index is 0.00350. The van der Waals surface area contributed by atoms with Gasteiger partial charge in [-0.3, -0.25) is 9.59 Å². The maximum Gasteiger partial charge on any atom is 0.317 e. The maximum atomic E-state index is 15.0. The van der Waals surface area contributed by atoms with E-state index in [9.17, 15) is 14.4 Å². The van der Waals surface area contributed by atoms with Crippen molar-refractivity contribution >= 4 is 46.9 Å². The molecule has 2 heterocycles. The van der Waals surface area contributed by atoms with Gasteiger partial charge < -0.3 is 24.8 Å². The fraction of sp³-hybridized carbons (Fsp3) is 0.270. The monoisotopic (exact) mass is 668 g/mol. The van der Waals surface area contributed by atoms with Gasteiger partial charge in [0.05, 0.1) is 12.5 Å². The zero-order valence-corrected chi connectivity index (χ0v) is 28.0. The standard InChI is InChI=1S/C37H37ClN4O4S/c1-3-39-36(45)41-23-21-40(22-24-41)35(44)37(47-32-19-9-26(2)10-20-32)25-33(43)42(34(37)27-11-13-28(38)14-12-27)29-15-17-31(18-16-29)46-30-7-5-4-6-8-30/h4-20,34H,3,21-25H2,1-2H3,(H,39,45). The first-order valence-corrected chi connectivity index (χ1v) is 16.9. The molecule has 10 heteroatoms. The summed E-state index contributed by atoms with van der Waals surface area (Å²) >= 11 is 7.77. The Hall–Kier alpha value is -4.47. The quantitative estimate of drug-likeness (QED) is 0.213. The average Bonchev–Trinajstić information content (AvgIpc) is 3.39. The third-order valence-electron chi connectivity index (χ3n) is 8.53. The minimum Gasteiger partial charge on any atom is -0.457 e. The molecule has 2 aliphatic heterocycles. The van der Waals surface area contributed by atoms with Crippen molar-refractivity contribution in [2.24, 2.45) is 0 Å². The van der Waals surface area contributed by atoms with E-state index in [1.165, 1.54) is 11.8 Å². The number of piperazine rings is 1. The molecule has 2 saturated heterocycles. The zero-order chi connectivity index (χ0) is 33.0. The second kappa shape index (κ2) is 14.1. The Morgan fingerprint density at radius 3 is 2.11 bits per heavy atom. The molecule has 4 amide bonds. The van der Waals surface area contributed by atoms with Crippen LogP contribution in [0.15, 0.2) is 108 Å². The number of carbonyl (C=O) groups is 3. The van der Waals surface area contributed by atoms with Crippen LogP contribution in [-0.2, 0) is 9.59 Å². The lowest BCUT2D eigenvalue weighted by Crippen LogP contribution is -2.58. The maximum absolute atomic E-state index is 15.0. The second-order valence-electron chi connectivity index (χ2n) is 11.7. The smallest absolute Gasteiger partial charge is 0.317 e. The SMILES string of the molecule is CCNC(=O)N1CCN(C(=O)C2(Sc3ccc(C)cc3)CC(=O)N(c3ccc(Oc4ccccc4)cc3)C2c2ccc(Cl)cc2)CC1. The third-order valence-corrected chi connectivity index (χ3v) is 10.2. The largest absolute Gasteiger partial charge is 0.457 e. The van der Waals surface area contributed by atoms with E-state index in [-0.39, 0.29) is 24.3 Å². The van der Waals surface area contributed by atoms with Crippen LogP contribution in [0.25, 0.3) is 0 Å². The lowest BCUT2D eigenvalue weighted by Gasteiger charge is -2.42. The van der Waals surface area contributed by atoms with E-state index in [0.29, 0.717) is 54.9 Å². The number of amides is 4. The van der Waals surface area contributed by atoms with Gasteiger partial charge in [0.15, 0.2) is 0 Å². The normalized spacial score (nSPS) is 19.5. The molecule has 6 rings (SSSR count). The van der Waals surface area contributed by atoms with Crippen LogP contribution in [0.3, 0.4) is 0 Å². The fourth-order valence-corrected chi connectivity index (χ4v) is 7.79. The first-order chi connectivity index (χ1) is 22.8. The molecule has 2 unspecified atom stereocenters. The number of nitrogens with one attached hydrogen (secondary N) is 1. The number of anilines is 1. The average molecular weight is 669 g/mol. The number of hydrogen-bond acceptors (Lipinski definition) is 5. The third kappa shape index (κ3) is 6.96. The van der Waals surface area contributed by atoms with Crippen LogP contribution >= 0.6 is 23.4 Å². The molecule has 0 bridgehead atoms. The first-order valence-electron chi connectivity index (χ1n) is 15.8. The molecule has 8 nitrogen and oxygen atoms in total. The molecule has 1 N–H and O–H groups in total. The molecule has 2 aliphatic rings. The molecule has 0 saturated carbocycles. The van der Waals surface area contributed by atoms with E-state index >= 15 is 0 Å². The van der Waals surface area contributed by atoms with E-state index in [2.05, 4.69) is 5.32 Å². The summed E-state index contributed by atoms with van der Waals surface area (Å²) in [5.41, 5.74) is 2.57. The van der Waals surface area contributed by atoms with Crippen LogP contribution in [0, 0.1) is 6.92 Å². The molecule has 2 fully saturated rings. The fourth-order valence-electron chi connectivity index (χ4n) is 6.20. The number of para-hydroxylation sites is 1. The number of ether oxygens (including phenoxy) is 1. The zero-order valence-electron chi connectivity index (χ0n) is 26.4. The summed E-state index contributed by atoms with van der Waals surface area (Å²) in [6, 6.07) is 31.6. The van der Waals surface area contributed by atoms with E-state index in [0.717, 1.165) is 16.0 Å². The number of nitrogens with zero attached hydrogens (tertiary/aromatic N) is 3. The Bertz CT molecular complexity index is 1710. The van der Waals surface area contributed by atoms with Crippen molar-refractivity contribution in [3.63, 3.8) is 0 Å². The predicted molar refractivity (Wildman–Crippen MR) is 186 cm³/mol. The van der Waals surface area contributed by atoms with Crippen molar-refractivity contribution in [3.8, 4) is 11.5 Å². The summed E-state index contributed by atoms with van der Waals surface area (Å²) in [6.45, 7) is 6.01. The predicted octanol–water partition coefficient (Wildman–Crippen LogP) is 7.32. The van der Waals surface area contributed by atoms with Gasteiger partial charge in [-0.1, -0.05) is 59.6 Å². The topological polar surface area (TPSA) is 82.2 Å². The number of aryl methyl sites for hydroxylation is 1. The molecule has 0 aliphatic carbocycles. The lowest BCUT2D eigenvalue weighted by molar-refractivity contribution is -0.136. The van der Waals surface area contributed by atoms with E-state index in [4.69, 9.17) is 16.3 Å². The number of thioether (sulfide) groups is 1. The van der Waals surface area contributed by atoms with Crippen LogP contribution in [0.5, 0.6) is 11.5 Å². The van der Waals surface area contributed by atoms with Crippen molar-refractivity contribution in [2.75, 3.05) is 37.6 Å². The Kier molecular flexibility index (Phi) is 9.75. The van der Waals surface area contributed by atoms with Crippen molar-refractivity contribution in [1.82, 2.24) is 15.1 Å². The summed E-state index contributed by atoms with van der Waals surface area (Å²) in [5.74, 6) is 1.06. The van der Waals surface area contributed by atoms with Crippen LogP contribution in [-0.4, -0.2) is 65.1 Å². The van der Waals surface area contributed by atoms with Gasteiger partial charge in [0.1, 0.15) is 16.2 Å². The number of halogens is 1. The molecular weight excluding hydrogens is 632 g/mol. The van der Waals surface area contributed by atoms with E-state index in [1.807, 2.05) is 110 Å².